The first kappa shape index (κ1) is 19.0. The summed E-state index contributed by atoms with van der Waals surface area (Å²) in [5, 5.41) is 4.59. The number of carbonyl (C=O) groups is 1. The van der Waals surface area contributed by atoms with E-state index in [9.17, 15) is 9.59 Å². The molecular formula is C20H22N2O4S. The van der Waals surface area contributed by atoms with E-state index in [0.717, 1.165) is 15.8 Å². The first-order valence-corrected chi connectivity index (χ1v) is 9.34. The smallest absolute Gasteiger partial charge is 0.412 e. The number of nitrogens with one attached hydrogen (secondary N) is 1. The lowest BCUT2D eigenvalue weighted by molar-refractivity contribution is 0.0635. The van der Waals surface area contributed by atoms with Gasteiger partial charge in [-0.3, -0.25) is 10.1 Å². The Morgan fingerprint density at radius 3 is 2.41 bits per heavy atom. The van der Waals surface area contributed by atoms with Gasteiger partial charge in [-0.15, -0.1) is 11.3 Å². The van der Waals surface area contributed by atoms with Gasteiger partial charge in [-0.05, 0) is 49.9 Å². The maximum absolute atomic E-state index is 13.0. The van der Waals surface area contributed by atoms with E-state index in [1.165, 1.54) is 15.9 Å². The van der Waals surface area contributed by atoms with Gasteiger partial charge < -0.3 is 14.0 Å². The number of benzene rings is 1. The second-order valence-corrected chi connectivity index (χ2v) is 8.02. The molecule has 142 valence electrons. The van der Waals surface area contributed by atoms with Gasteiger partial charge in [0.2, 0.25) is 0 Å². The number of nitrogens with zero attached hydrogens (tertiary/aromatic N) is 1. The Morgan fingerprint density at radius 2 is 1.81 bits per heavy atom. The number of fused-ring (bicyclic) bond motifs is 1. The fourth-order valence-corrected chi connectivity index (χ4v) is 3.80. The Hall–Kier alpha value is -2.80. The topological polar surface area (TPSA) is 69.6 Å². The maximum atomic E-state index is 13.0. The van der Waals surface area contributed by atoms with Crippen LogP contribution < -0.4 is 15.6 Å². The standard InChI is InChI=1S/C20H22N2O4S/c1-20(2,3)26-19(24)21-16-15(12-6-8-13(25-5)9-7-12)17-14(10-11-27-17)22(4)18(16)23/h6-11H,1-5H3,(H,21,24). The third kappa shape index (κ3) is 3.83. The quantitative estimate of drug-likeness (QED) is 0.713. The van der Waals surface area contributed by atoms with Crippen molar-refractivity contribution in [2.75, 3.05) is 12.4 Å². The zero-order valence-corrected chi connectivity index (χ0v) is 16.8. The molecule has 0 atom stereocenters. The number of anilines is 1. The summed E-state index contributed by atoms with van der Waals surface area (Å²) in [7, 11) is 3.29. The van der Waals surface area contributed by atoms with Crippen LogP contribution >= 0.6 is 11.3 Å². The Kier molecular flexibility index (Phi) is 4.97. The van der Waals surface area contributed by atoms with Crippen LogP contribution in [0.3, 0.4) is 0 Å². The maximum Gasteiger partial charge on any atom is 0.412 e. The van der Waals surface area contributed by atoms with Gasteiger partial charge in [0.15, 0.2) is 0 Å². The minimum absolute atomic E-state index is 0.201. The molecule has 0 unspecified atom stereocenters. The summed E-state index contributed by atoms with van der Waals surface area (Å²) < 4.78 is 13.0. The van der Waals surface area contributed by atoms with Gasteiger partial charge in [-0.1, -0.05) is 12.1 Å². The SMILES string of the molecule is COc1ccc(-c2c(NC(=O)OC(C)(C)C)c(=O)n(C)c3ccsc23)cc1. The van der Waals surface area contributed by atoms with Crippen LogP contribution in [0.2, 0.25) is 0 Å². The molecule has 1 aromatic carbocycles. The van der Waals surface area contributed by atoms with Gasteiger partial charge in [0.1, 0.15) is 17.0 Å². The van der Waals surface area contributed by atoms with Gasteiger partial charge in [-0.2, -0.15) is 0 Å². The molecule has 3 aromatic rings. The Bertz CT molecular complexity index is 1040. The van der Waals surface area contributed by atoms with Crippen LogP contribution in [0.25, 0.3) is 21.3 Å². The number of thiophene rings is 1. The van der Waals surface area contributed by atoms with Crippen LogP contribution in [0.15, 0.2) is 40.5 Å². The molecule has 0 aliphatic rings. The van der Waals surface area contributed by atoms with Crippen molar-refractivity contribution in [3.8, 4) is 16.9 Å². The molecule has 0 saturated heterocycles. The molecule has 6 nitrogen and oxygen atoms in total. The molecule has 27 heavy (non-hydrogen) atoms. The third-order valence-corrected chi connectivity index (χ3v) is 4.93. The normalized spacial score (nSPS) is 11.4. The average Bonchev–Trinajstić information content (AvgIpc) is 3.08. The minimum Gasteiger partial charge on any atom is -0.497 e. The van der Waals surface area contributed by atoms with Crippen LogP contribution in [0.1, 0.15) is 20.8 Å². The van der Waals surface area contributed by atoms with Crippen molar-refractivity contribution in [3.63, 3.8) is 0 Å². The molecular weight excluding hydrogens is 364 g/mol. The van der Waals surface area contributed by atoms with Crippen LogP contribution in [-0.4, -0.2) is 23.4 Å². The highest BCUT2D eigenvalue weighted by Crippen LogP contribution is 2.37. The molecule has 3 rings (SSSR count). The number of rotatable bonds is 3. The number of amides is 1. The minimum atomic E-state index is -0.664. The molecule has 0 spiro atoms. The monoisotopic (exact) mass is 386 g/mol. The number of methoxy groups -OCH3 is 1. The van der Waals surface area contributed by atoms with Crippen molar-refractivity contribution in [1.29, 1.82) is 0 Å². The molecule has 0 fully saturated rings. The predicted octanol–water partition coefficient (Wildman–Crippen LogP) is 4.62. The van der Waals surface area contributed by atoms with Crippen molar-refractivity contribution >= 4 is 33.3 Å². The van der Waals surface area contributed by atoms with E-state index < -0.39 is 11.7 Å². The van der Waals surface area contributed by atoms with Gasteiger partial charge in [0, 0.05) is 12.6 Å². The van der Waals surface area contributed by atoms with Crippen molar-refractivity contribution in [2.24, 2.45) is 7.05 Å². The van der Waals surface area contributed by atoms with Gasteiger partial charge in [-0.25, -0.2) is 4.79 Å². The molecule has 0 radical (unpaired) electrons. The number of hydrogen-bond acceptors (Lipinski definition) is 5. The van der Waals surface area contributed by atoms with Crippen LogP contribution in [0.5, 0.6) is 5.75 Å². The van der Waals surface area contributed by atoms with Crippen molar-refractivity contribution in [3.05, 3.63) is 46.1 Å². The molecule has 0 aliphatic carbocycles. The lowest BCUT2D eigenvalue weighted by Gasteiger charge is -2.21. The highest BCUT2D eigenvalue weighted by atomic mass is 32.1. The number of ether oxygens (including phenoxy) is 2. The average molecular weight is 386 g/mol. The zero-order chi connectivity index (χ0) is 19.8. The second-order valence-electron chi connectivity index (χ2n) is 7.10. The largest absolute Gasteiger partial charge is 0.497 e. The summed E-state index contributed by atoms with van der Waals surface area (Å²) in [5.41, 5.74) is 1.54. The first-order chi connectivity index (χ1) is 12.7. The Morgan fingerprint density at radius 1 is 1.15 bits per heavy atom. The summed E-state index contributed by atoms with van der Waals surface area (Å²) in [4.78, 5) is 25.3. The fraction of sp³-hybridized carbons (Fsp3) is 0.300. The zero-order valence-electron chi connectivity index (χ0n) is 16.0. The number of aromatic nitrogens is 1. The molecule has 2 heterocycles. The predicted molar refractivity (Wildman–Crippen MR) is 109 cm³/mol. The van der Waals surface area contributed by atoms with E-state index >= 15 is 0 Å². The summed E-state index contributed by atoms with van der Waals surface area (Å²) >= 11 is 1.51. The Labute approximate surface area is 161 Å². The summed E-state index contributed by atoms with van der Waals surface area (Å²) in [5.74, 6) is 0.714. The summed E-state index contributed by atoms with van der Waals surface area (Å²) in [6, 6.07) is 9.28. The highest BCUT2D eigenvalue weighted by Gasteiger charge is 2.22. The van der Waals surface area contributed by atoms with E-state index in [1.54, 1.807) is 34.9 Å². The summed E-state index contributed by atoms with van der Waals surface area (Å²) in [6.07, 6.45) is -0.662. The molecule has 2 aromatic heterocycles. The molecule has 0 bridgehead atoms. The van der Waals surface area contributed by atoms with Gasteiger partial charge >= 0.3 is 6.09 Å². The van der Waals surface area contributed by atoms with Crippen LogP contribution in [-0.2, 0) is 11.8 Å². The summed E-state index contributed by atoms with van der Waals surface area (Å²) in [6.45, 7) is 5.33. The van der Waals surface area contributed by atoms with E-state index in [2.05, 4.69) is 5.32 Å². The van der Waals surface area contributed by atoms with E-state index in [1.807, 2.05) is 35.7 Å². The first-order valence-electron chi connectivity index (χ1n) is 8.46. The number of hydrogen-bond donors (Lipinski definition) is 1. The number of carbonyl (C=O) groups excluding carboxylic acids is 1. The van der Waals surface area contributed by atoms with E-state index in [-0.39, 0.29) is 11.2 Å². The lowest BCUT2D eigenvalue weighted by Crippen LogP contribution is -2.31. The van der Waals surface area contributed by atoms with Crippen LogP contribution in [0, 0.1) is 0 Å². The fourth-order valence-electron chi connectivity index (χ4n) is 2.81. The van der Waals surface area contributed by atoms with E-state index in [0.29, 0.717) is 11.3 Å². The molecule has 1 amide bonds. The molecule has 0 aliphatic heterocycles. The molecule has 0 saturated carbocycles. The third-order valence-electron chi connectivity index (χ3n) is 4.01. The van der Waals surface area contributed by atoms with Crippen molar-refractivity contribution < 1.29 is 14.3 Å². The molecule has 1 N–H and O–H groups in total. The lowest BCUT2D eigenvalue weighted by atomic mass is 10.0. The molecule has 7 heteroatoms. The Balaban J connectivity index is 2.20. The van der Waals surface area contributed by atoms with Crippen LogP contribution in [0.4, 0.5) is 10.5 Å². The second kappa shape index (κ2) is 7.08. The van der Waals surface area contributed by atoms with Crippen molar-refractivity contribution in [1.82, 2.24) is 4.57 Å². The van der Waals surface area contributed by atoms with Gasteiger partial charge in [0.05, 0.1) is 17.3 Å². The highest BCUT2D eigenvalue weighted by molar-refractivity contribution is 7.17. The van der Waals surface area contributed by atoms with Gasteiger partial charge in [0.25, 0.3) is 5.56 Å². The number of pyridine rings is 1. The van der Waals surface area contributed by atoms with Crippen molar-refractivity contribution in [2.45, 2.75) is 26.4 Å². The number of aryl methyl sites for hydroxylation is 1. The van der Waals surface area contributed by atoms with E-state index in [4.69, 9.17) is 9.47 Å².